The van der Waals surface area contributed by atoms with Crippen molar-refractivity contribution in [1.29, 1.82) is 0 Å². The average molecular weight is 145 g/mol. The summed E-state index contributed by atoms with van der Waals surface area (Å²) in [5, 5.41) is 0. The van der Waals surface area contributed by atoms with Crippen molar-refractivity contribution in [2.45, 2.75) is 0 Å². The normalized spacial score (nSPS) is 1.50. The fourth-order valence-electron chi connectivity index (χ4n) is 0. The summed E-state index contributed by atoms with van der Waals surface area (Å²) in [6.07, 6.45) is 0. The third-order valence-corrected chi connectivity index (χ3v) is 0. The van der Waals surface area contributed by atoms with Gasteiger partial charge >= 0.3 is 0 Å². The average Bonchev–Trinajstić information content (AvgIpc) is 1.00. The summed E-state index contributed by atoms with van der Waals surface area (Å²) in [7, 11) is 1.42. The summed E-state index contributed by atoms with van der Waals surface area (Å²) in [6.45, 7) is 0. The molecular weight excluding hydrogens is 142 g/mol. The molecule has 0 aliphatic rings. The largest absolute Gasteiger partial charge is 0.380 e. The Hall–Kier alpha value is 2.55. The van der Waals surface area contributed by atoms with E-state index in [2.05, 4.69) is 0 Å². The van der Waals surface area contributed by atoms with Crippen LogP contribution in [0.3, 0.4) is 0 Å². The molecule has 0 saturated heterocycles. The molecule has 0 heterocycles. The van der Waals surface area contributed by atoms with Crippen molar-refractivity contribution in [2.24, 2.45) is 0 Å². The van der Waals surface area contributed by atoms with Crippen LogP contribution in [0.4, 0.5) is 0 Å². The zero-order valence-electron chi connectivity index (χ0n) is 2.38. The van der Waals surface area contributed by atoms with E-state index in [9.17, 15) is 0 Å². The number of hydrogen-bond acceptors (Lipinski definition) is 1. The van der Waals surface area contributed by atoms with Crippen LogP contribution in [0, 0.1) is 0 Å². The van der Waals surface area contributed by atoms with E-state index in [4.69, 9.17) is 4.89 Å². The second kappa shape index (κ2) is 17.7. The first-order valence-electron chi connectivity index (χ1n) is 0.258. The summed E-state index contributed by atoms with van der Waals surface area (Å²) in [5.74, 6) is 0. The van der Waals surface area contributed by atoms with Gasteiger partial charge in [-0.3, -0.25) is 0 Å². The Kier molecular flexibility index (Phi) is 70.8. The molecule has 0 aliphatic heterocycles. The summed E-state index contributed by atoms with van der Waals surface area (Å²) >= 11 is 0. The van der Waals surface area contributed by atoms with E-state index in [1.165, 1.54) is 9.47 Å². The minimum absolute atomic E-state index is 0. The molecule has 0 aliphatic carbocycles. The first kappa shape index (κ1) is 16.0. The standard InChI is InChI=1S/Fe.K.H3OP/c;;1-2/h;;1H,2H2. The molecule has 0 spiro atoms. The van der Waals surface area contributed by atoms with Crippen LogP contribution in [-0.4, -0.2) is 56.3 Å². The second-order valence-electron chi connectivity index (χ2n) is 0. The SMILES string of the molecule is OP.[Fe].[K]. The van der Waals surface area contributed by atoms with Crippen molar-refractivity contribution in [3.8, 4) is 0 Å². The van der Waals surface area contributed by atoms with Gasteiger partial charge in [0.15, 0.2) is 0 Å². The molecule has 1 N–H and O–H groups in total. The molecule has 4 heteroatoms. The zero-order valence-corrected chi connectivity index (χ0v) is 7.76. The first-order chi connectivity index (χ1) is 1.00. The maximum Gasteiger partial charge on any atom is 0 e. The molecule has 0 fully saturated rings. The third-order valence-electron chi connectivity index (χ3n) is 0. The molecule has 0 bridgehead atoms. The Morgan fingerprint density at radius 3 is 1.25 bits per heavy atom. The van der Waals surface area contributed by atoms with Crippen LogP contribution in [-0.2, 0) is 17.1 Å². The topological polar surface area (TPSA) is 20.2 Å². The van der Waals surface area contributed by atoms with Gasteiger partial charge in [0.05, 0.1) is 0 Å². The molecular formula is H3FeKOP. The summed E-state index contributed by atoms with van der Waals surface area (Å²) < 4.78 is 0. The smallest absolute Gasteiger partial charge is 0 e. The van der Waals surface area contributed by atoms with Gasteiger partial charge in [0.25, 0.3) is 0 Å². The molecule has 1 unspecified atom stereocenters. The molecule has 0 aromatic carbocycles. The van der Waals surface area contributed by atoms with Crippen molar-refractivity contribution >= 4 is 60.9 Å². The molecule has 0 saturated carbocycles. The molecule has 23 valence electrons. The van der Waals surface area contributed by atoms with Gasteiger partial charge in [-0.1, -0.05) is 0 Å². The van der Waals surface area contributed by atoms with Crippen LogP contribution >= 0.6 is 9.47 Å². The molecule has 1 nitrogen and oxygen atoms in total. The maximum absolute atomic E-state index is 6.92. The fourth-order valence-corrected chi connectivity index (χ4v) is 0. The third kappa shape index (κ3) is 8.82. The van der Waals surface area contributed by atoms with E-state index in [1.54, 1.807) is 0 Å². The van der Waals surface area contributed by atoms with Gasteiger partial charge in [0, 0.05) is 68.5 Å². The minimum Gasteiger partial charge on any atom is -0.380 e. The van der Waals surface area contributed by atoms with Gasteiger partial charge in [-0.05, 0) is 9.47 Å². The van der Waals surface area contributed by atoms with Crippen LogP contribution in [0.15, 0.2) is 0 Å². The van der Waals surface area contributed by atoms with Crippen LogP contribution in [0.2, 0.25) is 0 Å². The van der Waals surface area contributed by atoms with Gasteiger partial charge in [0.2, 0.25) is 0 Å². The summed E-state index contributed by atoms with van der Waals surface area (Å²) in [5.41, 5.74) is 0. The van der Waals surface area contributed by atoms with Crippen molar-refractivity contribution in [1.82, 2.24) is 0 Å². The predicted molar refractivity (Wildman–Crippen MR) is 17.7 cm³/mol. The number of rotatable bonds is 0. The predicted octanol–water partition coefficient (Wildman–Crippen LogP) is -0.615. The maximum atomic E-state index is 6.92. The second-order valence-corrected chi connectivity index (χ2v) is 0. The fraction of sp³-hybridized carbons (Fsp3) is 0. The van der Waals surface area contributed by atoms with Crippen LogP contribution in [0.25, 0.3) is 0 Å². The summed E-state index contributed by atoms with van der Waals surface area (Å²) in [6, 6.07) is 0. The molecule has 0 aromatic rings. The first-order valence-corrected chi connectivity index (χ1v) is 0.775. The molecule has 1 radical (unpaired) electrons. The van der Waals surface area contributed by atoms with E-state index in [0.717, 1.165) is 0 Å². The van der Waals surface area contributed by atoms with Crippen molar-refractivity contribution < 1.29 is 22.0 Å². The Morgan fingerprint density at radius 2 is 1.25 bits per heavy atom. The van der Waals surface area contributed by atoms with Gasteiger partial charge in [0.1, 0.15) is 0 Å². The molecule has 0 amide bonds. The van der Waals surface area contributed by atoms with Gasteiger partial charge in [-0.15, -0.1) is 0 Å². The van der Waals surface area contributed by atoms with Crippen molar-refractivity contribution in [3.05, 3.63) is 0 Å². The summed E-state index contributed by atoms with van der Waals surface area (Å²) in [4.78, 5) is 6.92. The van der Waals surface area contributed by atoms with Gasteiger partial charge in [-0.25, -0.2) is 0 Å². The molecule has 0 rings (SSSR count). The molecule has 4 heavy (non-hydrogen) atoms. The van der Waals surface area contributed by atoms with Crippen molar-refractivity contribution in [2.75, 3.05) is 0 Å². The number of hydrogen-bond donors (Lipinski definition) is 1. The monoisotopic (exact) mass is 145 g/mol. The Bertz CT molecular complexity index is 8.00. The Labute approximate surface area is 81.1 Å². The van der Waals surface area contributed by atoms with Gasteiger partial charge in [-0.2, -0.15) is 0 Å². The zero-order chi connectivity index (χ0) is 2.00. The molecule has 1 atom stereocenters. The van der Waals surface area contributed by atoms with Crippen molar-refractivity contribution in [3.63, 3.8) is 0 Å². The Morgan fingerprint density at radius 1 is 1.25 bits per heavy atom. The van der Waals surface area contributed by atoms with E-state index in [1.807, 2.05) is 0 Å². The van der Waals surface area contributed by atoms with E-state index in [-0.39, 0.29) is 68.5 Å². The Balaban J connectivity index is -0.00000000500. The quantitative estimate of drug-likeness (QED) is 0.356. The minimum atomic E-state index is 0. The van der Waals surface area contributed by atoms with E-state index >= 15 is 0 Å². The molecule has 0 aromatic heterocycles. The van der Waals surface area contributed by atoms with E-state index in [0.29, 0.717) is 0 Å². The van der Waals surface area contributed by atoms with Crippen LogP contribution < -0.4 is 0 Å². The van der Waals surface area contributed by atoms with Crippen LogP contribution in [0.5, 0.6) is 0 Å². The van der Waals surface area contributed by atoms with Crippen LogP contribution in [0.1, 0.15) is 0 Å². The van der Waals surface area contributed by atoms with Gasteiger partial charge < -0.3 is 4.89 Å². The van der Waals surface area contributed by atoms with E-state index < -0.39 is 0 Å².